The first-order chi connectivity index (χ1) is 7.29. The van der Waals surface area contributed by atoms with Gasteiger partial charge < -0.3 is 19.7 Å². The Morgan fingerprint density at radius 1 is 1.47 bits per heavy atom. The molecule has 0 aromatic heterocycles. The summed E-state index contributed by atoms with van der Waals surface area (Å²) >= 11 is 0. The second-order valence-corrected chi connectivity index (χ2v) is 4.02. The summed E-state index contributed by atoms with van der Waals surface area (Å²) in [6.45, 7) is 6.04. The quantitative estimate of drug-likeness (QED) is 0.622. The second-order valence-electron chi connectivity index (χ2n) is 4.02. The molecule has 2 rings (SSSR count). The lowest BCUT2D eigenvalue weighted by molar-refractivity contribution is -0.153. The first kappa shape index (κ1) is 10.9. The largest absolute Gasteiger partial charge is 0.377 e. The SMILES string of the molecule is CC1COCCN1C(=O)[C@@H]1CNCCO1. The molecule has 2 saturated heterocycles. The van der Waals surface area contributed by atoms with E-state index in [1.54, 1.807) is 0 Å². The number of ether oxygens (including phenoxy) is 2. The Bertz CT molecular complexity index is 229. The molecule has 1 N–H and O–H groups in total. The van der Waals surface area contributed by atoms with Gasteiger partial charge in [0.25, 0.3) is 5.91 Å². The zero-order chi connectivity index (χ0) is 10.7. The zero-order valence-corrected chi connectivity index (χ0v) is 9.07. The van der Waals surface area contributed by atoms with Crippen LogP contribution in [-0.4, -0.2) is 62.4 Å². The van der Waals surface area contributed by atoms with E-state index in [9.17, 15) is 4.79 Å². The van der Waals surface area contributed by atoms with Crippen molar-refractivity contribution in [3.8, 4) is 0 Å². The van der Waals surface area contributed by atoms with Gasteiger partial charge >= 0.3 is 0 Å². The van der Waals surface area contributed by atoms with Crippen LogP contribution in [0, 0.1) is 0 Å². The van der Waals surface area contributed by atoms with Crippen molar-refractivity contribution < 1.29 is 14.3 Å². The Labute approximate surface area is 89.7 Å². The van der Waals surface area contributed by atoms with Gasteiger partial charge in [0.1, 0.15) is 6.10 Å². The van der Waals surface area contributed by atoms with E-state index in [1.165, 1.54) is 0 Å². The van der Waals surface area contributed by atoms with Crippen molar-refractivity contribution in [3.63, 3.8) is 0 Å². The lowest BCUT2D eigenvalue weighted by Crippen LogP contribution is -2.55. The Kier molecular flexibility index (Phi) is 3.56. The van der Waals surface area contributed by atoms with Crippen LogP contribution < -0.4 is 5.32 Å². The molecule has 0 spiro atoms. The van der Waals surface area contributed by atoms with Crippen LogP contribution in [0.2, 0.25) is 0 Å². The first-order valence-electron chi connectivity index (χ1n) is 5.49. The Hall–Kier alpha value is -0.650. The highest BCUT2D eigenvalue weighted by atomic mass is 16.5. The van der Waals surface area contributed by atoms with Gasteiger partial charge in [-0.3, -0.25) is 4.79 Å². The Balaban J connectivity index is 1.92. The number of hydrogen-bond acceptors (Lipinski definition) is 4. The van der Waals surface area contributed by atoms with Crippen LogP contribution in [0.3, 0.4) is 0 Å². The smallest absolute Gasteiger partial charge is 0.253 e. The molecule has 2 aliphatic rings. The maximum atomic E-state index is 12.1. The van der Waals surface area contributed by atoms with Crippen LogP contribution in [0.4, 0.5) is 0 Å². The lowest BCUT2D eigenvalue weighted by atomic mass is 10.2. The summed E-state index contributed by atoms with van der Waals surface area (Å²) in [6, 6.07) is 0.164. The van der Waals surface area contributed by atoms with Gasteiger partial charge in [-0.05, 0) is 6.92 Å². The highest BCUT2D eigenvalue weighted by molar-refractivity contribution is 5.81. The van der Waals surface area contributed by atoms with Gasteiger partial charge in [0.05, 0.1) is 25.9 Å². The molecular formula is C10H18N2O3. The summed E-state index contributed by atoms with van der Waals surface area (Å²) < 4.78 is 10.7. The fraction of sp³-hybridized carbons (Fsp3) is 0.900. The highest BCUT2D eigenvalue weighted by Crippen LogP contribution is 2.10. The molecule has 0 saturated carbocycles. The summed E-state index contributed by atoms with van der Waals surface area (Å²) in [4.78, 5) is 13.9. The van der Waals surface area contributed by atoms with Gasteiger partial charge in [0.2, 0.25) is 0 Å². The van der Waals surface area contributed by atoms with Crippen molar-refractivity contribution in [2.24, 2.45) is 0 Å². The minimum Gasteiger partial charge on any atom is -0.377 e. The molecule has 0 radical (unpaired) electrons. The van der Waals surface area contributed by atoms with Crippen molar-refractivity contribution in [1.29, 1.82) is 0 Å². The van der Waals surface area contributed by atoms with E-state index in [2.05, 4.69) is 5.32 Å². The molecule has 0 aromatic rings. The predicted molar refractivity (Wildman–Crippen MR) is 54.6 cm³/mol. The van der Waals surface area contributed by atoms with E-state index in [4.69, 9.17) is 9.47 Å². The highest BCUT2D eigenvalue weighted by Gasteiger charge is 2.31. The van der Waals surface area contributed by atoms with E-state index in [0.29, 0.717) is 32.9 Å². The van der Waals surface area contributed by atoms with Gasteiger partial charge in [-0.2, -0.15) is 0 Å². The third-order valence-electron chi connectivity index (χ3n) is 2.85. The molecule has 0 aliphatic carbocycles. The molecule has 2 heterocycles. The maximum Gasteiger partial charge on any atom is 0.253 e. The van der Waals surface area contributed by atoms with Crippen molar-refractivity contribution in [2.45, 2.75) is 19.1 Å². The molecule has 86 valence electrons. The summed E-state index contributed by atoms with van der Waals surface area (Å²) in [5, 5.41) is 3.17. The number of hydrogen-bond donors (Lipinski definition) is 1. The van der Waals surface area contributed by atoms with Crippen LogP contribution in [0.1, 0.15) is 6.92 Å². The monoisotopic (exact) mass is 214 g/mol. The fourth-order valence-corrected chi connectivity index (χ4v) is 1.96. The molecular weight excluding hydrogens is 196 g/mol. The van der Waals surface area contributed by atoms with Crippen molar-refractivity contribution >= 4 is 5.91 Å². The zero-order valence-electron chi connectivity index (χ0n) is 9.07. The van der Waals surface area contributed by atoms with Gasteiger partial charge in [-0.15, -0.1) is 0 Å². The average molecular weight is 214 g/mol. The van der Waals surface area contributed by atoms with Crippen molar-refractivity contribution in [1.82, 2.24) is 10.2 Å². The standard InChI is InChI=1S/C10H18N2O3/c1-8-7-14-5-3-12(8)10(13)9-6-11-2-4-15-9/h8-9,11H,2-7H2,1H3/t8?,9-/m0/s1. The van der Waals surface area contributed by atoms with Crippen LogP contribution in [-0.2, 0) is 14.3 Å². The van der Waals surface area contributed by atoms with Gasteiger partial charge in [-0.25, -0.2) is 0 Å². The fourth-order valence-electron chi connectivity index (χ4n) is 1.96. The number of nitrogens with zero attached hydrogens (tertiary/aromatic N) is 1. The molecule has 0 bridgehead atoms. The first-order valence-corrected chi connectivity index (χ1v) is 5.49. The minimum atomic E-state index is -0.306. The second kappa shape index (κ2) is 4.92. The van der Waals surface area contributed by atoms with E-state index in [0.717, 1.165) is 6.54 Å². The molecule has 0 aromatic carbocycles. The van der Waals surface area contributed by atoms with Gasteiger partial charge in [0, 0.05) is 19.6 Å². The van der Waals surface area contributed by atoms with Gasteiger partial charge in [-0.1, -0.05) is 0 Å². The number of amides is 1. The third kappa shape index (κ3) is 2.48. The summed E-state index contributed by atoms with van der Waals surface area (Å²) in [6.07, 6.45) is -0.306. The number of nitrogens with one attached hydrogen (secondary N) is 1. The van der Waals surface area contributed by atoms with E-state index < -0.39 is 0 Å². The predicted octanol–water partition coefficient (Wildman–Crippen LogP) is -0.778. The van der Waals surface area contributed by atoms with Crippen LogP contribution in [0.15, 0.2) is 0 Å². The van der Waals surface area contributed by atoms with E-state index >= 15 is 0 Å². The van der Waals surface area contributed by atoms with E-state index in [-0.39, 0.29) is 18.1 Å². The molecule has 2 fully saturated rings. The Morgan fingerprint density at radius 2 is 2.33 bits per heavy atom. The molecule has 2 atom stereocenters. The van der Waals surface area contributed by atoms with Gasteiger partial charge in [0.15, 0.2) is 0 Å². The molecule has 1 amide bonds. The van der Waals surface area contributed by atoms with Crippen LogP contribution in [0.25, 0.3) is 0 Å². The average Bonchev–Trinajstić information content (AvgIpc) is 2.30. The van der Waals surface area contributed by atoms with Crippen LogP contribution >= 0.6 is 0 Å². The van der Waals surface area contributed by atoms with Crippen molar-refractivity contribution in [2.75, 3.05) is 39.5 Å². The molecule has 5 heteroatoms. The topological polar surface area (TPSA) is 50.8 Å². The molecule has 1 unspecified atom stereocenters. The van der Waals surface area contributed by atoms with Crippen molar-refractivity contribution in [3.05, 3.63) is 0 Å². The minimum absolute atomic E-state index is 0.0954. The lowest BCUT2D eigenvalue weighted by Gasteiger charge is -2.36. The summed E-state index contributed by atoms with van der Waals surface area (Å²) in [5.41, 5.74) is 0. The van der Waals surface area contributed by atoms with E-state index in [1.807, 2.05) is 11.8 Å². The maximum absolute atomic E-state index is 12.1. The number of morpholine rings is 2. The molecule has 15 heavy (non-hydrogen) atoms. The number of carbonyl (C=O) groups is 1. The molecule has 5 nitrogen and oxygen atoms in total. The molecule has 2 aliphatic heterocycles. The Morgan fingerprint density at radius 3 is 3.00 bits per heavy atom. The third-order valence-corrected chi connectivity index (χ3v) is 2.85. The normalized spacial score (nSPS) is 32.7. The summed E-state index contributed by atoms with van der Waals surface area (Å²) in [7, 11) is 0. The number of rotatable bonds is 1. The van der Waals surface area contributed by atoms with Crippen LogP contribution in [0.5, 0.6) is 0 Å². The summed E-state index contributed by atoms with van der Waals surface area (Å²) in [5.74, 6) is 0.0954. The number of carbonyl (C=O) groups excluding carboxylic acids is 1.